The van der Waals surface area contributed by atoms with Crippen molar-refractivity contribution < 1.29 is 18.0 Å². The molecule has 0 spiro atoms. The number of benzene rings is 1. The number of fused-ring (bicyclic) bond motifs is 1. The van der Waals surface area contributed by atoms with E-state index in [4.69, 9.17) is 0 Å². The summed E-state index contributed by atoms with van der Waals surface area (Å²) in [5, 5.41) is 2.89. The van der Waals surface area contributed by atoms with Gasteiger partial charge in [-0.15, -0.1) is 0 Å². The third-order valence-electron chi connectivity index (χ3n) is 5.66. The van der Waals surface area contributed by atoms with E-state index in [1.807, 2.05) is 6.07 Å². The Hall–Kier alpha value is -1.41. The molecule has 1 aliphatic rings. The Kier molecular flexibility index (Phi) is 9.34. The van der Waals surface area contributed by atoms with Gasteiger partial charge in [0.15, 0.2) is 9.84 Å². The number of hydrogen-bond donors (Lipinski definition) is 1. The molecule has 0 radical (unpaired) electrons. The molecular weight excluding hydrogens is 468 g/mol. The first-order valence-electron chi connectivity index (χ1n) is 10.9. The van der Waals surface area contributed by atoms with E-state index in [1.54, 1.807) is 17.9 Å². The number of carbonyl (C=O) groups is 2. The van der Waals surface area contributed by atoms with Gasteiger partial charge in [0.05, 0.1) is 16.3 Å². The zero-order valence-corrected chi connectivity index (χ0v) is 20.6. The van der Waals surface area contributed by atoms with E-state index in [0.29, 0.717) is 42.0 Å². The Balaban J connectivity index is 2.09. The lowest BCUT2D eigenvalue weighted by molar-refractivity contribution is -0.121. The summed E-state index contributed by atoms with van der Waals surface area (Å²) in [5.74, 6) is -0.196. The van der Waals surface area contributed by atoms with Crippen LogP contribution in [0.25, 0.3) is 0 Å². The lowest BCUT2D eigenvalue weighted by atomic mass is 9.99. The number of rotatable bonds is 11. The van der Waals surface area contributed by atoms with Crippen LogP contribution < -0.4 is 10.2 Å². The maximum Gasteiger partial charge on any atom is 0.226 e. The number of nitrogens with zero attached hydrogens (tertiary/aromatic N) is 1. The van der Waals surface area contributed by atoms with Crippen molar-refractivity contribution in [3.63, 3.8) is 0 Å². The molecule has 1 aromatic carbocycles. The van der Waals surface area contributed by atoms with Gasteiger partial charge in [-0.1, -0.05) is 56.0 Å². The molecule has 1 N–H and O–H groups in total. The summed E-state index contributed by atoms with van der Waals surface area (Å²) in [6.45, 7) is 7.08. The Morgan fingerprint density at radius 3 is 2.60 bits per heavy atom. The molecule has 0 aromatic heterocycles. The predicted molar refractivity (Wildman–Crippen MR) is 123 cm³/mol. The lowest BCUT2D eigenvalue weighted by Gasteiger charge is -2.20. The number of nitrogens with one attached hydrogen (secondary N) is 1. The van der Waals surface area contributed by atoms with Gasteiger partial charge in [0.25, 0.3) is 0 Å². The number of sulfone groups is 1. The smallest absolute Gasteiger partial charge is 0.226 e. The number of carbonyl (C=O) groups excluding carboxylic acids is 2. The quantitative estimate of drug-likeness (QED) is 0.492. The van der Waals surface area contributed by atoms with Gasteiger partial charge in [-0.25, -0.2) is 8.42 Å². The monoisotopic (exact) mass is 500 g/mol. The van der Waals surface area contributed by atoms with Crippen LogP contribution in [0.4, 0.5) is 5.69 Å². The minimum absolute atomic E-state index is 0.0877. The number of anilines is 1. The van der Waals surface area contributed by atoms with E-state index in [1.165, 1.54) is 0 Å². The molecule has 8 heteroatoms. The second kappa shape index (κ2) is 11.3. The molecule has 1 aliphatic heterocycles. The van der Waals surface area contributed by atoms with Crippen molar-refractivity contribution in [3.05, 3.63) is 22.2 Å². The highest BCUT2D eigenvalue weighted by molar-refractivity contribution is 9.10. The molecule has 0 bridgehead atoms. The molecule has 0 aliphatic carbocycles. The summed E-state index contributed by atoms with van der Waals surface area (Å²) in [6.07, 6.45) is 5.16. The Bertz CT molecular complexity index is 870. The van der Waals surface area contributed by atoms with Crippen LogP contribution in [-0.2, 0) is 25.8 Å². The first kappa shape index (κ1) is 24.9. The molecule has 168 valence electrons. The zero-order chi connectivity index (χ0) is 22.3. The van der Waals surface area contributed by atoms with E-state index in [2.05, 4.69) is 35.1 Å². The molecule has 1 aromatic rings. The van der Waals surface area contributed by atoms with Crippen LogP contribution >= 0.6 is 15.9 Å². The van der Waals surface area contributed by atoms with Crippen molar-refractivity contribution in [2.75, 3.05) is 23.7 Å². The maximum atomic E-state index is 13.1. The summed E-state index contributed by atoms with van der Waals surface area (Å²) in [6, 6.07) is 3.41. The van der Waals surface area contributed by atoms with Crippen molar-refractivity contribution in [3.8, 4) is 0 Å². The molecule has 0 fully saturated rings. The molecule has 2 rings (SSSR count). The second-order valence-electron chi connectivity index (χ2n) is 7.85. The Morgan fingerprint density at radius 2 is 1.97 bits per heavy atom. The van der Waals surface area contributed by atoms with Gasteiger partial charge in [0.1, 0.15) is 0 Å². The van der Waals surface area contributed by atoms with Crippen LogP contribution in [-0.4, -0.2) is 39.1 Å². The van der Waals surface area contributed by atoms with Gasteiger partial charge in [-0.05, 0) is 36.5 Å². The highest BCUT2D eigenvalue weighted by atomic mass is 79.9. The average Bonchev–Trinajstić information content (AvgIpc) is 3.14. The van der Waals surface area contributed by atoms with Crippen LogP contribution in [0.3, 0.4) is 0 Å². The highest BCUT2D eigenvalue weighted by Crippen LogP contribution is 2.38. The Morgan fingerprint density at radius 1 is 1.23 bits per heavy atom. The molecular formula is C22H33BrN2O4S. The van der Waals surface area contributed by atoms with Crippen molar-refractivity contribution in [2.45, 2.75) is 70.6 Å². The third-order valence-corrected chi connectivity index (χ3v) is 7.84. The van der Waals surface area contributed by atoms with Crippen molar-refractivity contribution in [1.82, 2.24) is 5.32 Å². The fraction of sp³-hybridized carbons (Fsp3) is 0.636. The second-order valence-corrected chi connectivity index (χ2v) is 10.8. The largest absolute Gasteiger partial charge is 0.356 e. The maximum absolute atomic E-state index is 13.1. The fourth-order valence-corrected chi connectivity index (χ4v) is 5.95. The van der Waals surface area contributed by atoms with Crippen LogP contribution in [0, 0.1) is 5.92 Å². The van der Waals surface area contributed by atoms with Gasteiger partial charge >= 0.3 is 0 Å². The van der Waals surface area contributed by atoms with E-state index in [9.17, 15) is 18.0 Å². The standard InChI is InChI=1S/C22H33BrN2O4S/c1-4-7-8-16(5-2)15-24-20(26)10-12-30(28,29)19-14-18(23)13-17-9-11-25(22(17)19)21(27)6-3/h13-14,16H,4-12,15H2,1-3H3,(H,24,26)/t16-/m0/s1. The van der Waals surface area contributed by atoms with Crippen molar-refractivity contribution in [1.29, 1.82) is 0 Å². The number of amides is 2. The molecule has 0 saturated carbocycles. The SMILES string of the molecule is CCCC[C@H](CC)CNC(=O)CCS(=O)(=O)c1cc(Br)cc2c1N(C(=O)CC)CC2. The Labute approximate surface area is 188 Å². The predicted octanol–water partition coefficient (Wildman–Crippen LogP) is 4.24. The summed E-state index contributed by atoms with van der Waals surface area (Å²) in [5.41, 5.74) is 1.33. The van der Waals surface area contributed by atoms with Gasteiger partial charge in [0, 0.05) is 30.4 Å². The molecule has 1 heterocycles. The minimum atomic E-state index is -3.72. The molecule has 2 amide bonds. The average molecular weight is 501 g/mol. The first-order valence-corrected chi connectivity index (χ1v) is 13.3. The first-order chi connectivity index (χ1) is 14.2. The van der Waals surface area contributed by atoms with Crippen LogP contribution in [0.15, 0.2) is 21.5 Å². The molecule has 6 nitrogen and oxygen atoms in total. The third kappa shape index (κ3) is 6.30. The minimum Gasteiger partial charge on any atom is -0.356 e. The van der Waals surface area contributed by atoms with Crippen molar-refractivity contribution >= 4 is 43.3 Å². The molecule has 1 atom stereocenters. The number of halogens is 1. The normalized spacial score (nSPS) is 14.5. The summed E-state index contributed by atoms with van der Waals surface area (Å²) in [4.78, 5) is 26.3. The number of unbranched alkanes of at least 4 members (excludes halogenated alkanes) is 1. The van der Waals surface area contributed by atoms with E-state index < -0.39 is 9.84 Å². The topological polar surface area (TPSA) is 83.6 Å². The molecule has 0 unspecified atom stereocenters. The van der Waals surface area contributed by atoms with E-state index in [0.717, 1.165) is 31.2 Å². The van der Waals surface area contributed by atoms with Crippen LogP contribution in [0.2, 0.25) is 0 Å². The number of hydrogen-bond acceptors (Lipinski definition) is 4. The van der Waals surface area contributed by atoms with Crippen LogP contribution in [0.5, 0.6) is 0 Å². The summed E-state index contributed by atoms with van der Waals surface area (Å²) in [7, 11) is -3.72. The summed E-state index contributed by atoms with van der Waals surface area (Å²) >= 11 is 3.38. The van der Waals surface area contributed by atoms with Crippen LogP contribution in [0.1, 0.15) is 64.9 Å². The summed E-state index contributed by atoms with van der Waals surface area (Å²) < 4.78 is 26.9. The van der Waals surface area contributed by atoms with E-state index >= 15 is 0 Å². The fourth-order valence-electron chi connectivity index (χ4n) is 3.77. The van der Waals surface area contributed by atoms with Gasteiger partial charge in [-0.3, -0.25) is 9.59 Å². The van der Waals surface area contributed by atoms with Crippen molar-refractivity contribution in [2.24, 2.45) is 5.92 Å². The zero-order valence-electron chi connectivity index (χ0n) is 18.2. The van der Waals surface area contributed by atoms with Gasteiger partial charge in [-0.2, -0.15) is 0 Å². The van der Waals surface area contributed by atoms with E-state index in [-0.39, 0.29) is 28.9 Å². The molecule has 0 saturated heterocycles. The molecule has 30 heavy (non-hydrogen) atoms. The van der Waals surface area contributed by atoms with Gasteiger partial charge in [0.2, 0.25) is 11.8 Å². The highest BCUT2D eigenvalue weighted by Gasteiger charge is 2.32. The van der Waals surface area contributed by atoms with Gasteiger partial charge < -0.3 is 10.2 Å². The lowest BCUT2D eigenvalue weighted by Crippen LogP contribution is -2.31.